The maximum Gasteiger partial charge on any atom is 0.308 e. The second kappa shape index (κ2) is 11.5. The fourth-order valence-corrected chi connectivity index (χ4v) is 3.99. The second-order valence-electron chi connectivity index (χ2n) is 7.57. The molecule has 1 heterocycles. The summed E-state index contributed by atoms with van der Waals surface area (Å²) >= 11 is 1.16. The van der Waals surface area contributed by atoms with Crippen molar-refractivity contribution in [2.24, 2.45) is 10.7 Å². The number of nitrogen functional groups attached to an aromatic ring is 1. The molecule has 1 fully saturated rings. The minimum absolute atomic E-state index is 0.0647. The van der Waals surface area contributed by atoms with E-state index in [0.29, 0.717) is 16.3 Å². The van der Waals surface area contributed by atoms with Crippen LogP contribution in [-0.4, -0.2) is 90.1 Å². The number of thioether (sulfide) groups is 1. The number of amidine groups is 2. The molecule has 0 spiro atoms. The summed E-state index contributed by atoms with van der Waals surface area (Å²) in [5.41, 5.74) is 6.27. The highest BCUT2D eigenvalue weighted by atomic mass is 32.2. The molecule has 0 saturated carbocycles. The van der Waals surface area contributed by atoms with Gasteiger partial charge in [-0.2, -0.15) is 4.99 Å². The first kappa shape index (κ1) is 25.8. The molecule has 11 nitrogen and oxygen atoms in total. The second-order valence-corrected chi connectivity index (χ2v) is 8.68. The predicted molar refractivity (Wildman–Crippen MR) is 125 cm³/mol. The van der Waals surface area contributed by atoms with Gasteiger partial charge in [0.2, 0.25) is 5.91 Å². The van der Waals surface area contributed by atoms with Crippen LogP contribution in [0.5, 0.6) is 0 Å². The number of nitrogens with two attached hydrogens (primary N) is 1. The molecule has 3 amide bonds. The van der Waals surface area contributed by atoms with Gasteiger partial charge in [0, 0.05) is 44.9 Å². The van der Waals surface area contributed by atoms with E-state index in [9.17, 15) is 19.2 Å². The van der Waals surface area contributed by atoms with Gasteiger partial charge >= 0.3 is 5.97 Å². The number of esters is 1. The van der Waals surface area contributed by atoms with Gasteiger partial charge in [0.25, 0.3) is 11.8 Å². The van der Waals surface area contributed by atoms with Crippen LogP contribution in [0.3, 0.4) is 0 Å². The van der Waals surface area contributed by atoms with Crippen LogP contribution in [0.4, 0.5) is 0 Å². The Kier molecular flexibility index (Phi) is 8.97. The number of carbonyl (C=O) groups excluding carboxylic acids is 4. The van der Waals surface area contributed by atoms with E-state index in [1.54, 1.807) is 50.3 Å². The molecule has 2 unspecified atom stereocenters. The molecule has 0 aromatic heterocycles. The Balaban J connectivity index is 1.90. The lowest BCUT2D eigenvalue weighted by atomic mass is 10.1. The van der Waals surface area contributed by atoms with Crippen molar-refractivity contribution in [3.63, 3.8) is 0 Å². The number of aliphatic imine (C=N–C) groups is 1. The zero-order chi connectivity index (χ0) is 24.7. The molecular formula is C21H28N6O5S. The summed E-state index contributed by atoms with van der Waals surface area (Å²) in [5, 5.41) is 9.98. The Morgan fingerprint density at radius 1 is 1.21 bits per heavy atom. The number of rotatable bonds is 8. The minimum atomic E-state index is -0.585. The summed E-state index contributed by atoms with van der Waals surface area (Å²) in [6, 6.07) is 6.00. The monoisotopic (exact) mass is 476 g/mol. The minimum Gasteiger partial charge on any atom is -0.456 e. The summed E-state index contributed by atoms with van der Waals surface area (Å²) in [5.74, 6) is -1.77. The number of amides is 3. The van der Waals surface area contributed by atoms with Crippen molar-refractivity contribution in [1.82, 2.24) is 15.1 Å². The first-order valence-corrected chi connectivity index (χ1v) is 11.0. The number of ether oxygens (including phenoxy) is 1. The first-order chi connectivity index (χ1) is 15.5. The molecule has 178 valence electrons. The molecule has 12 heteroatoms. The zero-order valence-corrected chi connectivity index (χ0v) is 19.8. The predicted octanol–water partition coefficient (Wildman–Crippen LogP) is 0.0403. The number of nitrogens with zero attached hydrogens (tertiary/aromatic N) is 3. The van der Waals surface area contributed by atoms with Crippen LogP contribution in [0, 0.1) is 5.41 Å². The molecule has 1 saturated heterocycles. The average molecular weight is 477 g/mol. The summed E-state index contributed by atoms with van der Waals surface area (Å²) in [7, 11) is 4.86. The number of likely N-dealkylation sites (N-methyl/N-ethyl adjacent to an activating group) is 1. The fraction of sp³-hybridized carbons (Fsp3) is 0.429. The molecule has 1 aliphatic rings. The van der Waals surface area contributed by atoms with Crippen molar-refractivity contribution in [2.45, 2.75) is 24.6 Å². The van der Waals surface area contributed by atoms with Gasteiger partial charge in [0.1, 0.15) is 11.1 Å². The van der Waals surface area contributed by atoms with Gasteiger partial charge in [0.05, 0.1) is 6.42 Å². The molecule has 0 radical (unpaired) electrons. The van der Waals surface area contributed by atoms with E-state index in [4.69, 9.17) is 15.9 Å². The van der Waals surface area contributed by atoms with E-state index in [-0.39, 0.29) is 43.3 Å². The van der Waals surface area contributed by atoms with E-state index in [2.05, 4.69) is 10.3 Å². The van der Waals surface area contributed by atoms with Crippen molar-refractivity contribution in [2.75, 3.05) is 34.3 Å². The summed E-state index contributed by atoms with van der Waals surface area (Å²) < 4.78 is 4.86. The number of carbonyl (C=O) groups is 4. The molecule has 0 bridgehead atoms. The molecule has 1 aromatic carbocycles. The third-order valence-electron chi connectivity index (χ3n) is 4.97. The van der Waals surface area contributed by atoms with Gasteiger partial charge in [-0.1, -0.05) is 23.9 Å². The van der Waals surface area contributed by atoms with E-state index >= 15 is 0 Å². The van der Waals surface area contributed by atoms with Crippen LogP contribution in [0.15, 0.2) is 29.3 Å². The van der Waals surface area contributed by atoms with Crippen LogP contribution in [0.1, 0.15) is 29.3 Å². The first-order valence-electron chi connectivity index (χ1n) is 10.1. The molecule has 33 heavy (non-hydrogen) atoms. The third-order valence-corrected chi connectivity index (χ3v) is 6.42. The Morgan fingerprint density at radius 2 is 1.82 bits per heavy atom. The molecule has 2 rings (SSSR count). The van der Waals surface area contributed by atoms with Crippen molar-refractivity contribution in [3.05, 3.63) is 35.4 Å². The van der Waals surface area contributed by atoms with Gasteiger partial charge in [-0.15, -0.1) is 0 Å². The Hall–Kier alpha value is -3.41. The smallest absolute Gasteiger partial charge is 0.308 e. The standard InChI is InChI=1S/C21H28N6O5S/c1-12-17(20(31)24-10-9-16(29)32-11-15(28)26(2)3)33-21(27(12)4)25-19(30)14-7-5-13(6-8-14)18(22)23/h5-8,12,17H,9-11H2,1-4H3,(H3,22,23)(H,24,31). The Bertz CT molecular complexity index is 962. The third kappa shape index (κ3) is 7.04. The van der Waals surface area contributed by atoms with Crippen molar-refractivity contribution in [3.8, 4) is 0 Å². The van der Waals surface area contributed by atoms with Crippen molar-refractivity contribution >= 4 is 46.5 Å². The normalized spacial score (nSPS) is 18.7. The van der Waals surface area contributed by atoms with Crippen molar-refractivity contribution < 1.29 is 23.9 Å². The molecule has 1 aromatic rings. The molecular weight excluding hydrogens is 448 g/mol. The molecule has 4 N–H and O–H groups in total. The van der Waals surface area contributed by atoms with Crippen molar-refractivity contribution in [1.29, 1.82) is 5.41 Å². The maximum absolute atomic E-state index is 12.6. The van der Waals surface area contributed by atoms with Crippen LogP contribution < -0.4 is 11.1 Å². The van der Waals surface area contributed by atoms with E-state index in [1.165, 1.54) is 4.90 Å². The topological polar surface area (TPSA) is 158 Å². The quantitative estimate of drug-likeness (QED) is 0.269. The fourth-order valence-electron chi connectivity index (χ4n) is 2.73. The number of hydrogen-bond donors (Lipinski definition) is 3. The summed E-state index contributed by atoms with van der Waals surface area (Å²) in [6.45, 7) is 1.56. The van der Waals surface area contributed by atoms with Gasteiger partial charge < -0.3 is 25.6 Å². The van der Waals surface area contributed by atoms with E-state index < -0.39 is 17.1 Å². The van der Waals surface area contributed by atoms with Gasteiger partial charge in [-0.3, -0.25) is 24.6 Å². The molecule has 1 aliphatic heterocycles. The highest BCUT2D eigenvalue weighted by molar-refractivity contribution is 8.15. The lowest BCUT2D eigenvalue weighted by molar-refractivity contribution is -0.151. The average Bonchev–Trinajstić information content (AvgIpc) is 3.05. The van der Waals surface area contributed by atoms with E-state index in [0.717, 1.165) is 11.8 Å². The van der Waals surface area contributed by atoms with E-state index in [1.807, 2.05) is 6.92 Å². The van der Waals surface area contributed by atoms with Crippen LogP contribution >= 0.6 is 11.8 Å². The maximum atomic E-state index is 12.6. The molecule has 2 atom stereocenters. The zero-order valence-electron chi connectivity index (χ0n) is 19.0. The largest absolute Gasteiger partial charge is 0.456 e. The Labute approximate surface area is 196 Å². The SMILES string of the molecule is CC1C(C(=O)NCCC(=O)OCC(=O)N(C)C)SC(=NC(=O)c2ccc(C(=N)N)cc2)N1C. The number of hydrogen-bond acceptors (Lipinski definition) is 7. The molecule has 0 aliphatic carbocycles. The summed E-state index contributed by atoms with van der Waals surface area (Å²) in [4.78, 5) is 55.5. The van der Waals surface area contributed by atoms with Gasteiger partial charge in [-0.25, -0.2) is 0 Å². The highest BCUT2D eigenvalue weighted by Crippen LogP contribution is 2.31. The van der Waals surface area contributed by atoms with Gasteiger partial charge in [0.15, 0.2) is 11.8 Å². The van der Waals surface area contributed by atoms with Crippen LogP contribution in [-0.2, 0) is 19.1 Å². The van der Waals surface area contributed by atoms with Gasteiger partial charge in [-0.05, 0) is 19.1 Å². The lowest BCUT2D eigenvalue weighted by Gasteiger charge is -2.19. The van der Waals surface area contributed by atoms with Crippen LogP contribution in [0.2, 0.25) is 0 Å². The number of benzene rings is 1. The lowest BCUT2D eigenvalue weighted by Crippen LogP contribution is -2.41. The Morgan fingerprint density at radius 3 is 2.39 bits per heavy atom. The van der Waals surface area contributed by atoms with Crippen LogP contribution in [0.25, 0.3) is 0 Å². The number of nitrogens with one attached hydrogen (secondary N) is 2. The summed E-state index contributed by atoms with van der Waals surface area (Å²) in [6.07, 6.45) is -0.0657. The highest BCUT2D eigenvalue weighted by Gasteiger charge is 2.39.